The fraction of sp³-hybridized carbons (Fsp3) is 1.00. The molecule has 20 heavy (non-hydrogen) atoms. The first-order chi connectivity index (χ1) is 9.51. The summed E-state index contributed by atoms with van der Waals surface area (Å²) in [5.74, 6) is 1.60. The van der Waals surface area contributed by atoms with Crippen molar-refractivity contribution < 1.29 is 4.74 Å². The molecule has 2 heterocycles. The van der Waals surface area contributed by atoms with E-state index in [9.17, 15) is 0 Å². The summed E-state index contributed by atoms with van der Waals surface area (Å²) in [6.45, 7) is 12.9. The second-order valence-corrected chi connectivity index (χ2v) is 7.85. The molecule has 3 fully saturated rings. The van der Waals surface area contributed by atoms with Crippen LogP contribution in [-0.2, 0) is 4.74 Å². The minimum Gasteiger partial charge on any atom is -0.377 e. The van der Waals surface area contributed by atoms with E-state index in [1.807, 2.05) is 0 Å². The first kappa shape index (κ1) is 14.8. The maximum atomic E-state index is 5.98. The molecule has 4 unspecified atom stereocenters. The van der Waals surface area contributed by atoms with Gasteiger partial charge in [-0.2, -0.15) is 0 Å². The molecule has 3 heteroatoms. The molecule has 1 N–H and O–H groups in total. The van der Waals surface area contributed by atoms with Crippen LogP contribution in [0.2, 0.25) is 0 Å². The molecule has 4 atom stereocenters. The van der Waals surface area contributed by atoms with Gasteiger partial charge in [0.25, 0.3) is 0 Å². The Hall–Kier alpha value is -0.120. The van der Waals surface area contributed by atoms with E-state index in [2.05, 4.69) is 37.9 Å². The van der Waals surface area contributed by atoms with E-state index in [1.54, 1.807) is 0 Å². The van der Waals surface area contributed by atoms with Gasteiger partial charge in [-0.1, -0.05) is 13.8 Å². The lowest BCUT2D eigenvalue weighted by molar-refractivity contribution is -0.0336. The second kappa shape index (κ2) is 5.58. The van der Waals surface area contributed by atoms with Crippen LogP contribution < -0.4 is 5.32 Å². The Bertz CT molecular complexity index is 336. The third-order valence-corrected chi connectivity index (χ3v) is 5.93. The molecule has 0 bridgehead atoms. The van der Waals surface area contributed by atoms with Gasteiger partial charge >= 0.3 is 0 Å². The van der Waals surface area contributed by atoms with Crippen molar-refractivity contribution in [3.8, 4) is 0 Å². The summed E-state index contributed by atoms with van der Waals surface area (Å²) in [7, 11) is 0. The summed E-state index contributed by atoms with van der Waals surface area (Å²) in [6, 6.07) is 1.21. The van der Waals surface area contributed by atoms with Crippen LogP contribution >= 0.6 is 0 Å². The van der Waals surface area contributed by atoms with Gasteiger partial charge in [0.2, 0.25) is 0 Å². The first-order valence-electron chi connectivity index (χ1n) is 8.63. The van der Waals surface area contributed by atoms with Crippen molar-refractivity contribution in [1.29, 1.82) is 0 Å². The van der Waals surface area contributed by atoms with E-state index in [0.29, 0.717) is 29.6 Å². The normalized spacial score (nSPS) is 41.2. The van der Waals surface area contributed by atoms with E-state index < -0.39 is 0 Å². The number of hydrogen-bond donors (Lipinski definition) is 1. The largest absolute Gasteiger partial charge is 0.377 e. The van der Waals surface area contributed by atoms with Crippen molar-refractivity contribution in [1.82, 2.24) is 10.2 Å². The van der Waals surface area contributed by atoms with Crippen molar-refractivity contribution in [3.63, 3.8) is 0 Å². The third-order valence-electron chi connectivity index (χ3n) is 5.93. The van der Waals surface area contributed by atoms with Gasteiger partial charge in [-0.05, 0) is 51.4 Å². The molecule has 1 aliphatic carbocycles. The van der Waals surface area contributed by atoms with Crippen LogP contribution in [0.5, 0.6) is 0 Å². The molecule has 116 valence electrons. The molecule has 3 aliphatic rings. The van der Waals surface area contributed by atoms with E-state index >= 15 is 0 Å². The van der Waals surface area contributed by atoms with Gasteiger partial charge in [-0.25, -0.2) is 0 Å². The molecule has 3 rings (SSSR count). The standard InChI is InChI=1S/C17H32N2O/c1-12(2)15-10-18-17(4,14-7-8-14)11-19(15)13(3)16-6-5-9-20-16/h12-16,18H,5-11H2,1-4H3. The van der Waals surface area contributed by atoms with E-state index in [-0.39, 0.29) is 0 Å². The lowest BCUT2D eigenvalue weighted by Gasteiger charge is -2.51. The van der Waals surface area contributed by atoms with Crippen molar-refractivity contribution in [2.24, 2.45) is 11.8 Å². The maximum absolute atomic E-state index is 5.98. The van der Waals surface area contributed by atoms with Crippen LogP contribution in [-0.4, -0.2) is 48.3 Å². The second-order valence-electron chi connectivity index (χ2n) is 7.85. The highest BCUT2D eigenvalue weighted by molar-refractivity contribution is 5.06. The van der Waals surface area contributed by atoms with Gasteiger partial charge in [0.05, 0.1) is 6.10 Å². The number of rotatable bonds is 4. The van der Waals surface area contributed by atoms with Crippen molar-refractivity contribution in [2.75, 3.05) is 19.7 Å². The zero-order valence-electron chi connectivity index (χ0n) is 13.7. The lowest BCUT2D eigenvalue weighted by Crippen LogP contribution is -2.68. The van der Waals surface area contributed by atoms with Crippen LogP contribution in [0.4, 0.5) is 0 Å². The predicted molar refractivity (Wildman–Crippen MR) is 82.9 cm³/mol. The molecular weight excluding hydrogens is 248 g/mol. The SMILES string of the molecule is CC(C)C1CNC(C)(C2CC2)CN1C(C)C1CCCO1. The Morgan fingerprint density at radius 3 is 2.50 bits per heavy atom. The lowest BCUT2D eigenvalue weighted by atomic mass is 9.86. The quantitative estimate of drug-likeness (QED) is 0.857. The van der Waals surface area contributed by atoms with Crippen LogP contribution in [0.3, 0.4) is 0 Å². The topological polar surface area (TPSA) is 24.5 Å². The van der Waals surface area contributed by atoms with Gasteiger partial charge in [-0.3, -0.25) is 4.90 Å². The Kier molecular flexibility index (Phi) is 4.13. The Balaban J connectivity index is 1.74. The molecular formula is C17H32N2O. The third kappa shape index (κ3) is 2.77. The van der Waals surface area contributed by atoms with Crippen LogP contribution in [0.1, 0.15) is 53.4 Å². The summed E-state index contributed by atoms with van der Waals surface area (Å²) in [5.41, 5.74) is 0.332. The zero-order chi connectivity index (χ0) is 14.3. The smallest absolute Gasteiger partial charge is 0.0728 e. The molecule has 2 aliphatic heterocycles. The number of hydrogen-bond acceptors (Lipinski definition) is 3. The highest BCUT2D eigenvalue weighted by Gasteiger charge is 2.48. The average Bonchev–Trinajstić information content (AvgIpc) is 3.14. The van der Waals surface area contributed by atoms with Gasteiger partial charge in [0, 0.05) is 37.3 Å². The molecule has 0 aromatic carbocycles. The van der Waals surface area contributed by atoms with Gasteiger partial charge in [-0.15, -0.1) is 0 Å². The number of nitrogens with zero attached hydrogens (tertiary/aromatic N) is 1. The molecule has 1 saturated carbocycles. The molecule has 2 saturated heterocycles. The predicted octanol–water partition coefficient (Wildman–Crippen LogP) is 2.65. The first-order valence-corrected chi connectivity index (χ1v) is 8.63. The molecule has 0 radical (unpaired) electrons. The monoisotopic (exact) mass is 280 g/mol. The molecule has 0 amide bonds. The maximum Gasteiger partial charge on any atom is 0.0728 e. The fourth-order valence-corrected chi connectivity index (χ4v) is 4.26. The number of ether oxygens (including phenoxy) is 1. The molecule has 3 nitrogen and oxygen atoms in total. The van der Waals surface area contributed by atoms with Crippen molar-refractivity contribution in [2.45, 2.75) is 77.1 Å². The van der Waals surface area contributed by atoms with E-state index in [4.69, 9.17) is 4.74 Å². The Labute approximate surface area is 124 Å². The molecule has 0 aromatic rings. The highest BCUT2D eigenvalue weighted by Crippen LogP contribution is 2.42. The Morgan fingerprint density at radius 2 is 1.95 bits per heavy atom. The van der Waals surface area contributed by atoms with Gasteiger partial charge in [0.15, 0.2) is 0 Å². The van der Waals surface area contributed by atoms with E-state index in [0.717, 1.165) is 19.1 Å². The average molecular weight is 280 g/mol. The number of nitrogens with one attached hydrogen (secondary N) is 1. The number of piperazine rings is 1. The minimum atomic E-state index is 0.332. The molecule has 0 aromatic heterocycles. The summed E-state index contributed by atoms with van der Waals surface area (Å²) in [4.78, 5) is 2.77. The van der Waals surface area contributed by atoms with Crippen LogP contribution in [0.15, 0.2) is 0 Å². The van der Waals surface area contributed by atoms with Gasteiger partial charge in [0.1, 0.15) is 0 Å². The summed E-state index contributed by atoms with van der Waals surface area (Å²) < 4.78 is 5.98. The van der Waals surface area contributed by atoms with Crippen LogP contribution in [0, 0.1) is 11.8 Å². The van der Waals surface area contributed by atoms with Crippen molar-refractivity contribution in [3.05, 3.63) is 0 Å². The van der Waals surface area contributed by atoms with E-state index in [1.165, 1.54) is 32.2 Å². The van der Waals surface area contributed by atoms with Gasteiger partial charge < -0.3 is 10.1 Å². The minimum absolute atomic E-state index is 0.332. The summed E-state index contributed by atoms with van der Waals surface area (Å²) in [5, 5.41) is 3.88. The highest BCUT2D eigenvalue weighted by atomic mass is 16.5. The zero-order valence-corrected chi connectivity index (χ0v) is 13.7. The van der Waals surface area contributed by atoms with Crippen LogP contribution in [0.25, 0.3) is 0 Å². The fourth-order valence-electron chi connectivity index (χ4n) is 4.26. The summed E-state index contributed by atoms with van der Waals surface area (Å²) in [6.07, 6.45) is 5.78. The van der Waals surface area contributed by atoms with Crippen molar-refractivity contribution >= 4 is 0 Å². The summed E-state index contributed by atoms with van der Waals surface area (Å²) >= 11 is 0. The molecule has 0 spiro atoms. The Morgan fingerprint density at radius 1 is 1.20 bits per heavy atom.